The predicted molar refractivity (Wildman–Crippen MR) is 121 cm³/mol. The molecule has 1 saturated heterocycles. The highest BCUT2D eigenvalue weighted by Crippen LogP contribution is 2.42. The number of amides is 2. The highest BCUT2D eigenvalue weighted by Gasteiger charge is 2.34. The molecule has 1 heterocycles. The number of aryl methyl sites for hydroxylation is 1. The van der Waals surface area contributed by atoms with Crippen LogP contribution >= 0.6 is 11.8 Å². The second-order valence-electron chi connectivity index (χ2n) is 7.02. The molecule has 1 fully saturated rings. The molecule has 3 aromatic rings. The molecule has 0 spiro atoms. The van der Waals surface area contributed by atoms with Gasteiger partial charge < -0.3 is 10.1 Å². The van der Waals surface area contributed by atoms with E-state index in [1.165, 1.54) is 0 Å². The van der Waals surface area contributed by atoms with Crippen molar-refractivity contribution in [2.45, 2.75) is 12.3 Å². The number of nitrogens with one attached hydrogen (secondary N) is 1. The van der Waals surface area contributed by atoms with Gasteiger partial charge in [-0.25, -0.2) is 0 Å². The summed E-state index contributed by atoms with van der Waals surface area (Å²) in [7, 11) is 1.62. The fraction of sp³-hybridized carbons (Fsp3) is 0.167. The van der Waals surface area contributed by atoms with E-state index in [9.17, 15) is 9.59 Å². The van der Waals surface area contributed by atoms with E-state index in [2.05, 4.69) is 5.32 Å². The molecule has 4 rings (SSSR count). The van der Waals surface area contributed by atoms with Crippen LogP contribution in [-0.4, -0.2) is 24.7 Å². The molecule has 1 N–H and O–H groups in total. The molecule has 0 bridgehead atoms. The van der Waals surface area contributed by atoms with E-state index in [-0.39, 0.29) is 17.2 Å². The fourth-order valence-corrected chi connectivity index (χ4v) is 4.66. The van der Waals surface area contributed by atoms with E-state index in [0.29, 0.717) is 17.0 Å². The van der Waals surface area contributed by atoms with Gasteiger partial charge in [0.05, 0.1) is 12.9 Å². The molecular formula is C24H22N2O3S. The second kappa shape index (κ2) is 8.63. The molecule has 0 aromatic heterocycles. The lowest BCUT2D eigenvalue weighted by molar-refractivity contribution is -0.115. The molecule has 0 aliphatic carbocycles. The van der Waals surface area contributed by atoms with Gasteiger partial charge in [-0.15, -0.1) is 11.8 Å². The van der Waals surface area contributed by atoms with Crippen LogP contribution in [0, 0.1) is 6.92 Å². The van der Waals surface area contributed by atoms with Crippen LogP contribution in [0.2, 0.25) is 0 Å². The molecular weight excluding hydrogens is 396 g/mol. The summed E-state index contributed by atoms with van der Waals surface area (Å²) >= 11 is 1.58. The topological polar surface area (TPSA) is 58.6 Å². The van der Waals surface area contributed by atoms with Crippen molar-refractivity contribution in [2.75, 3.05) is 23.1 Å². The SMILES string of the molecule is COc1ccc(N2C(=O)CS[C@H]2c2cccc(NC(=O)c3ccccc3C)c2)cc1. The van der Waals surface area contributed by atoms with Crippen LogP contribution in [0.5, 0.6) is 5.75 Å². The Morgan fingerprint density at radius 2 is 1.83 bits per heavy atom. The van der Waals surface area contributed by atoms with E-state index in [4.69, 9.17) is 4.74 Å². The third-order valence-electron chi connectivity index (χ3n) is 5.04. The molecule has 1 aliphatic rings. The summed E-state index contributed by atoms with van der Waals surface area (Å²) in [4.78, 5) is 27.1. The summed E-state index contributed by atoms with van der Waals surface area (Å²) in [6, 6.07) is 22.6. The van der Waals surface area contributed by atoms with Crippen LogP contribution in [0.15, 0.2) is 72.8 Å². The Morgan fingerprint density at radius 1 is 1.07 bits per heavy atom. The zero-order valence-corrected chi connectivity index (χ0v) is 17.6. The maximum absolute atomic E-state index is 12.7. The van der Waals surface area contributed by atoms with Gasteiger partial charge in [0, 0.05) is 16.9 Å². The van der Waals surface area contributed by atoms with Gasteiger partial charge in [-0.05, 0) is 60.5 Å². The predicted octanol–water partition coefficient (Wildman–Crippen LogP) is 5.03. The number of carbonyl (C=O) groups is 2. The average molecular weight is 419 g/mol. The molecule has 30 heavy (non-hydrogen) atoms. The van der Waals surface area contributed by atoms with Crippen molar-refractivity contribution in [3.8, 4) is 5.75 Å². The van der Waals surface area contributed by atoms with E-state index in [1.807, 2.05) is 79.7 Å². The Kier molecular flexibility index (Phi) is 5.77. The normalized spacial score (nSPS) is 15.9. The van der Waals surface area contributed by atoms with Crippen molar-refractivity contribution in [1.82, 2.24) is 0 Å². The average Bonchev–Trinajstić information content (AvgIpc) is 3.15. The van der Waals surface area contributed by atoms with Crippen LogP contribution in [0.4, 0.5) is 11.4 Å². The Morgan fingerprint density at radius 3 is 2.57 bits per heavy atom. The summed E-state index contributed by atoms with van der Waals surface area (Å²) in [5.74, 6) is 1.07. The van der Waals surface area contributed by atoms with Crippen LogP contribution < -0.4 is 15.0 Å². The first kappa shape index (κ1) is 20.0. The third-order valence-corrected chi connectivity index (χ3v) is 6.25. The molecule has 3 aromatic carbocycles. The summed E-state index contributed by atoms with van der Waals surface area (Å²) in [6.45, 7) is 1.92. The van der Waals surface area contributed by atoms with E-state index in [1.54, 1.807) is 23.8 Å². The zero-order valence-electron chi connectivity index (χ0n) is 16.8. The number of hydrogen-bond donors (Lipinski definition) is 1. The molecule has 0 radical (unpaired) electrons. The minimum atomic E-state index is -0.152. The summed E-state index contributed by atoms with van der Waals surface area (Å²) < 4.78 is 5.22. The molecule has 1 aliphatic heterocycles. The Hall–Kier alpha value is -3.25. The first-order valence-corrected chi connectivity index (χ1v) is 10.7. The Labute approximate surface area is 180 Å². The molecule has 6 heteroatoms. The highest BCUT2D eigenvalue weighted by atomic mass is 32.2. The summed E-state index contributed by atoms with van der Waals surface area (Å²) in [5, 5.41) is 2.82. The van der Waals surface area contributed by atoms with Crippen LogP contribution in [0.25, 0.3) is 0 Å². The van der Waals surface area contributed by atoms with Crippen molar-refractivity contribution >= 4 is 35.0 Å². The smallest absolute Gasteiger partial charge is 0.255 e. The number of thioether (sulfide) groups is 1. The fourth-order valence-electron chi connectivity index (χ4n) is 3.49. The number of rotatable bonds is 5. The molecule has 152 valence electrons. The molecule has 2 amide bonds. The number of carbonyl (C=O) groups excluding carboxylic acids is 2. The second-order valence-corrected chi connectivity index (χ2v) is 8.09. The first-order chi connectivity index (χ1) is 14.6. The number of benzene rings is 3. The van der Waals surface area contributed by atoms with Crippen molar-refractivity contribution in [3.63, 3.8) is 0 Å². The van der Waals surface area contributed by atoms with Gasteiger partial charge >= 0.3 is 0 Å². The van der Waals surface area contributed by atoms with Gasteiger partial charge in [0.2, 0.25) is 5.91 Å². The lowest BCUT2D eigenvalue weighted by Gasteiger charge is -2.25. The van der Waals surface area contributed by atoms with Crippen molar-refractivity contribution in [2.24, 2.45) is 0 Å². The standard InChI is InChI=1S/C24H22N2O3S/c1-16-6-3-4-9-21(16)23(28)25-18-8-5-7-17(14-18)24-26(22(27)15-30-24)19-10-12-20(29-2)13-11-19/h3-14,24H,15H2,1-2H3,(H,25,28)/t24-/m0/s1. The van der Waals surface area contributed by atoms with E-state index < -0.39 is 0 Å². The number of ether oxygens (including phenoxy) is 1. The number of anilines is 2. The summed E-state index contributed by atoms with van der Waals surface area (Å²) in [5.41, 5.74) is 4.06. The maximum atomic E-state index is 12.7. The zero-order chi connectivity index (χ0) is 21.1. The summed E-state index contributed by atoms with van der Waals surface area (Å²) in [6.07, 6.45) is 0. The molecule has 0 unspecified atom stereocenters. The van der Waals surface area contributed by atoms with Crippen LogP contribution in [0.3, 0.4) is 0 Å². The van der Waals surface area contributed by atoms with Crippen LogP contribution in [0.1, 0.15) is 26.9 Å². The lowest BCUT2D eigenvalue weighted by atomic mass is 10.1. The molecule has 1 atom stereocenters. The minimum absolute atomic E-state index is 0.0597. The number of methoxy groups -OCH3 is 1. The third kappa shape index (κ3) is 4.04. The molecule has 0 saturated carbocycles. The van der Waals surface area contributed by atoms with Gasteiger partial charge in [0.1, 0.15) is 11.1 Å². The largest absolute Gasteiger partial charge is 0.497 e. The van der Waals surface area contributed by atoms with Gasteiger partial charge in [-0.2, -0.15) is 0 Å². The van der Waals surface area contributed by atoms with Crippen molar-refractivity contribution < 1.29 is 14.3 Å². The maximum Gasteiger partial charge on any atom is 0.255 e. The first-order valence-electron chi connectivity index (χ1n) is 9.61. The Bertz CT molecular complexity index is 1080. The van der Waals surface area contributed by atoms with Crippen molar-refractivity contribution in [3.05, 3.63) is 89.5 Å². The number of hydrogen-bond acceptors (Lipinski definition) is 4. The van der Waals surface area contributed by atoms with E-state index >= 15 is 0 Å². The quantitative estimate of drug-likeness (QED) is 0.631. The van der Waals surface area contributed by atoms with Crippen molar-refractivity contribution in [1.29, 1.82) is 0 Å². The number of nitrogens with zero attached hydrogens (tertiary/aromatic N) is 1. The molecule has 5 nitrogen and oxygen atoms in total. The van der Waals surface area contributed by atoms with Gasteiger partial charge in [-0.3, -0.25) is 14.5 Å². The van der Waals surface area contributed by atoms with Gasteiger partial charge in [0.15, 0.2) is 0 Å². The van der Waals surface area contributed by atoms with Gasteiger partial charge in [-0.1, -0.05) is 30.3 Å². The monoisotopic (exact) mass is 418 g/mol. The lowest BCUT2D eigenvalue weighted by Crippen LogP contribution is -2.27. The van der Waals surface area contributed by atoms with Gasteiger partial charge in [0.25, 0.3) is 5.91 Å². The van der Waals surface area contributed by atoms with E-state index in [0.717, 1.165) is 22.6 Å². The highest BCUT2D eigenvalue weighted by molar-refractivity contribution is 8.00. The van der Waals surface area contributed by atoms with Crippen LogP contribution in [-0.2, 0) is 4.79 Å². The minimum Gasteiger partial charge on any atom is -0.497 e. The Balaban J connectivity index is 1.58.